The molecule has 3 heterocycles. The number of hydrogen-bond donors (Lipinski definition) is 0. The Balaban J connectivity index is 1.20. The maximum Gasteiger partial charge on any atom is 0.250 e. The molecule has 35 heavy (non-hydrogen) atoms. The van der Waals surface area contributed by atoms with Crippen LogP contribution in [0.25, 0.3) is 5.95 Å². The van der Waals surface area contributed by atoms with Gasteiger partial charge in [0.25, 0.3) is 5.95 Å². The second-order valence-corrected chi connectivity index (χ2v) is 8.88. The topological polar surface area (TPSA) is 67.2 Å². The first-order valence-corrected chi connectivity index (χ1v) is 12.1. The predicted molar refractivity (Wildman–Crippen MR) is 136 cm³/mol. The van der Waals surface area contributed by atoms with E-state index in [9.17, 15) is 4.79 Å². The molecule has 2 aromatic heterocycles. The largest absolute Gasteiger partial charge is 0.300 e. The molecule has 0 unspecified atom stereocenters. The maximum absolute atomic E-state index is 13.0. The van der Waals surface area contributed by atoms with Crippen LogP contribution in [-0.4, -0.2) is 68.1 Å². The van der Waals surface area contributed by atoms with Gasteiger partial charge in [-0.15, -0.1) is 0 Å². The normalized spacial score (nSPS) is 14.9. The van der Waals surface area contributed by atoms with Crippen molar-refractivity contribution in [3.63, 3.8) is 0 Å². The molecule has 0 amide bonds. The van der Waals surface area contributed by atoms with E-state index in [4.69, 9.17) is 0 Å². The summed E-state index contributed by atoms with van der Waals surface area (Å²) >= 11 is 0. The van der Waals surface area contributed by atoms with E-state index in [-0.39, 0.29) is 11.8 Å². The summed E-state index contributed by atoms with van der Waals surface area (Å²) in [4.78, 5) is 26.4. The summed E-state index contributed by atoms with van der Waals surface area (Å²) in [7, 11) is 0. The summed E-state index contributed by atoms with van der Waals surface area (Å²) in [6.07, 6.45) is 5.45. The number of nitrogens with zero attached hydrogens (tertiary/aromatic N) is 6. The van der Waals surface area contributed by atoms with Crippen LogP contribution in [0.5, 0.6) is 0 Å². The van der Waals surface area contributed by atoms with E-state index in [0.29, 0.717) is 17.9 Å². The zero-order valence-electron chi connectivity index (χ0n) is 20.0. The molecule has 4 aromatic rings. The lowest BCUT2D eigenvalue weighted by Crippen LogP contribution is -2.48. The number of aromatic nitrogens is 4. The minimum Gasteiger partial charge on any atom is -0.300 e. The zero-order valence-corrected chi connectivity index (χ0v) is 20.0. The van der Waals surface area contributed by atoms with Gasteiger partial charge in [-0.2, -0.15) is 5.10 Å². The Labute approximate surface area is 206 Å². The molecule has 2 aromatic carbocycles. The van der Waals surface area contributed by atoms with Gasteiger partial charge in [-0.3, -0.25) is 9.69 Å². The summed E-state index contributed by atoms with van der Waals surface area (Å²) in [6, 6.07) is 23.4. The highest BCUT2D eigenvalue weighted by atomic mass is 16.1. The quantitative estimate of drug-likeness (QED) is 0.366. The summed E-state index contributed by atoms with van der Waals surface area (Å²) in [5.41, 5.74) is 4.05. The van der Waals surface area contributed by atoms with Gasteiger partial charge in [0.05, 0.1) is 23.5 Å². The molecular weight excluding hydrogens is 436 g/mol. The van der Waals surface area contributed by atoms with Crippen molar-refractivity contribution < 1.29 is 4.79 Å². The molecule has 7 nitrogen and oxygen atoms in total. The first-order chi connectivity index (χ1) is 17.2. The molecule has 1 saturated heterocycles. The van der Waals surface area contributed by atoms with Crippen molar-refractivity contribution in [1.29, 1.82) is 0 Å². The molecule has 0 bridgehead atoms. The Hall–Kier alpha value is -3.68. The molecule has 1 fully saturated rings. The van der Waals surface area contributed by atoms with Crippen LogP contribution in [-0.2, 0) is 0 Å². The van der Waals surface area contributed by atoms with E-state index in [1.165, 1.54) is 11.1 Å². The van der Waals surface area contributed by atoms with E-state index in [0.717, 1.165) is 38.4 Å². The average molecular weight is 467 g/mol. The third kappa shape index (κ3) is 5.21. The van der Waals surface area contributed by atoms with E-state index in [2.05, 4.69) is 85.5 Å². The Morgan fingerprint density at radius 1 is 0.857 bits per heavy atom. The maximum atomic E-state index is 13.0. The fraction of sp³-hybridized carbons (Fsp3) is 0.286. The molecule has 0 saturated carbocycles. The molecule has 1 aliphatic rings. The third-order valence-electron chi connectivity index (χ3n) is 6.71. The SMILES string of the molecule is Cc1c(C(=O)CCN2CCN(C(c3ccccc3)c3ccccc3)CC2)cnn1-c1ncccn1. The molecule has 5 rings (SSSR count). The van der Waals surface area contributed by atoms with Crippen molar-refractivity contribution in [2.75, 3.05) is 32.7 Å². The van der Waals surface area contributed by atoms with Crippen molar-refractivity contribution in [3.8, 4) is 5.95 Å². The number of hydrogen-bond acceptors (Lipinski definition) is 6. The van der Waals surface area contributed by atoms with Gasteiger partial charge in [0.15, 0.2) is 5.78 Å². The standard InChI is InChI=1S/C28H30N6O/c1-22-25(21-31-34(22)28-29-14-8-15-30-28)26(35)13-16-32-17-19-33(20-18-32)27(23-9-4-2-5-10-23)24-11-6-3-7-12-24/h2-12,14-15,21,27H,13,16-20H2,1H3. The van der Waals surface area contributed by atoms with Crippen LogP contribution in [0, 0.1) is 6.92 Å². The second-order valence-electron chi connectivity index (χ2n) is 8.88. The molecule has 0 N–H and O–H groups in total. The summed E-state index contributed by atoms with van der Waals surface area (Å²) in [5, 5.41) is 4.34. The van der Waals surface area contributed by atoms with Crippen molar-refractivity contribution in [1.82, 2.24) is 29.5 Å². The Morgan fingerprint density at radius 2 is 1.46 bits per heavy atom. The van der Waals surface area contributed by atoms with Crippen LogP contribution in [0.2, 0.25) is 0 Å². The second kappa shape index (κ2) is 10.7. The highest BCUT2D eigenvalue weighted by molar-refractivity contribution is 5.97. The number of carbonyl (C=O) groups excluding carboxylic acids is 1. The number of rotatable bonds is 8. The van der Waals surface area contributed by atoms with Gasteiger partial charge in [0, 0.05) is 51.5 Å². The van der Waals surface area contributed by atoms with Crippen molar-refractivity contribution in [2.24, 2.45) is 0 Å². The molecular formula is C28H30N6O. The van der Waals surface area contributed by atoms with Gasteiger partial charge in [-0.05, 0) is 24.1 Å². The lowest BCUT2D eigenvalue weighted by Gasteiger charge is -2.39. The summed E-state index contributed by atoms with van der Waals surface area (Å²) in [6.45, 7) is 6.46. The summed E-state index contributed by atoms with van der Waals surface area (Å²) < 4.78 is 1.62. The number of ketones is 1. The number of Topliss-reactive ketones (excluding diaryl/α,β-unsaturated/α-hetero) is 1. The number of carbonyl (C=O) groups is 1. The van der Waals surface area contributed by atoms with Crippen LogP contribution in [0.1, 0.15) is 39.6 Å². The fourth-order valence-electron chi connectivity index (χ4n) is 4.81. The molecule has 0 aliphatic carbocycles. The van der Waals surface area contributed by atoms with Crippen molar-refractivity contribution >= 4 is 5.78 Å². The van der Waals surface area contributed by atoms with Crippen LogP contribution in [0.3, 0.4) is 0 Å². The summed E-state index contributed by atoms with van der Waals surface area (Å²) in [5.74, 6) is 0.588. The molecule has 0 radical (unpaired) electrons. The van der Waals surface area contributed by atoms with Gasteiger partial charge in [0.1, 0.15) is 0 Å². The Bertz CT molecular complexity index is 1190. The zero-order chi connectivity index (χ0) is 24.0. The Morgan fingerprint density at radius 3 is 2.06 bits per heavy atom. The molecule has 1 aliphatic heterocycles. The third-order valence-corrected chi connectivity index (χ3v) is 6.71. The van der Waals surface area contributed by atoms with Crippen LogP contribution in [0.15, 0.2) is 85.3 Å². The van der Waals surface area contributed by atoms with E-state index in [1.54, 1.807) is 29.3 Å². The van der Waals surface area contributed by atoms with Crippen molar-refractivity contribution in [3.05, 3.63) is 108 Å². The lowest BCUT2D eigenvalue weighted by atomic mass is 9.96. The molecule has 0 atom stereocenters. The van der Waals surface area contributed by atoms with Crippen LogP contribution >= 0.6 is 0 Å². The first-order valence-electron chi connectivity index (χ1n) is 12.1. The van der Waals surface area contributed by atoms with E-state index >= 15 is 0 Å². The van der Waals surface area contributed by atoms with Crippen LogP contribution in [0.4, 0.5) is 0 Å². The van der Waals surface area contributed by atoms with E-state index in [1.807, 2.05) is 6.92 Å². The van der Waals surface area contributed by atoms with Crippen molar-refractivity contribution in [2.45, 2.75) is 19.4 Å². The predicted octanol–water partition coefficient (Wildman–Crippen LogP) is 3.95. The first kappa shape index (κ1) is 23.1. The molecule has 0 spiro atoms. The molecule has 178 valence electrons. The van der Waals surface area contributed by atoms with Gasteiger partial charge in [-0.1, -0.05) is 60.7 Å². The van der Waals surface area contributed by atoms with Gasteiger partial charge < -0.3 is 4.90 Å². The monoisotopic (exact) mass is 466 g/mol. The molecule has 7 heteroatoms. The van der Waals surface area contributed by atoms with Gasteiger partial charge >= 0.3 is 0 Å². The van der Waals surface area contributed by atoms with Gasteiger partial charge in [0.2, 0.25) is 0 Å². The van der Waals surface area contributed by atoms with Crippen LogP contribution < -0.4 is 0 Å². The minimum atomic E-state index is 0.110. The highest BCUT2D eigenvalue weighted by Gasteiger charge is 2.26. The Kier molecular flexibility index (Phi) is 7.07. The average Bonchev–Trinajstić information content (AvgIpc) is 3.31. The van der Waals surface area contributed by atoms with Gasteiger partial charge in [-0.25, -0.2) is 14.6 Å². The lowest BCUT2D eigenvalue weighted by molar-refractivity contribution is 0.0892. The number of piperazine rings is 1. The minimum absolute atomic E-state index is 0.110. The smallest absolute Gasteiger partial charge is 0.250 e. The highest BCUT2D eigenvalue weighted by Crippen LogP contribution is 2.29. The number of benzene rings is 2. The van der Waals surface area contributed by atoms with E-state index < -0.39 is 0 Å². The fourth-order valence-corrected chi connectivity index (χ4v) is 4.81.